The van der Waals surface area contributed by atoms with Gasteiger partial charge in [0.25, 0.3) is 0 Å². The van der Waals surface area contributed by atoms with Gasteiger partial charge in [-0.2, -0.15) is 0 Å². The number of halogens is 2. The van der Waals surface area contributed by atoms with Crippen LogP contribution in [0.1, 0.15) is 6.42 Å². The molecule has 0 saturated carbocycles. The second-order valence-corrected chi connectivity index (χ2v) is 4.44. The molecule has 0 bridgehead atoms. The predicted octanol–water partition coefficient (Wildman–Crippen LogP) is 2.59. The van der Waals surface area contributed by atoms with Crippen molar-refractivity contribution in [1.82, 2.24) is 5.32 Å². The molecule has 1 aromatic rings. The molecule has 0 fully saturated rings. The first-order valence-corrected chi connectivity index (χ1v) is 6.31. The quantitative estimate of drug-likeness (QED) is 0.749. The lowest BCUT2D eigenvalue weighted by molar-refractivity contribution is 0.198. The Balaban J connectivity index is 2.15. The zero-order chi connectivity index (χ0) is 12.5. The summed E-state index contributed by atoms with van der Waals surface area (Å²) in [7, 11) is 1.67. The third-order valence-electron chi connectivity index (χ3n) is 2.13. The molecule has 0 unspecified atom stereocenters. The van der Waals surface area contributed by atoms with Gasteiger partial charge in [0.1, 0.15) is 0 Å². The predicted molar refractivity (Wildman–Crippen MR) is 69.0 cm³/mol. The van der Waals surface area contributed by atoms with Crippen LogP contribution in [0.15, 0.2) is 22.7 Å². The van der Waals surface area contributed by atoms with Gasteiger partial charge in [-0.1, -0.05) is 15.9 Å². The highest BCUT2D eigenvalue weighted by atomic mass is 79.9. The summed E-state index contributed by atoms with van der Waals surface area (Å²) in [5.74, 6) is -0.0446. The summed E-state index contributed by atoms with van der Waals surface area (Å²) in [5, 5.41) is 3.19. The molecule has 0 spiro atoms. The van der Waals surface area contributed by atoms with Crippen LogP contribution in [0.25, 0.3) is 0 Å². The fourth-order valence-corrected chi connectivity index (χ4v) is 1.61. The maximum absolute atomic E-state index is 13.3. The average molecular weight is 306 g/mol. The van der Waals surface area contributed by atoms with E-state index in [2.05, 4.69) is 21.2 Å². The van der Waals surface area contributed by atoms with Gasteiger partial charge in [-0.3, -0.25) is 0 Å². The largest absolute Gasteiger partial charge is 0.490 e. The van der Waals surface area contributed by atoms with Crippen molar-refractivity contribution >= 4 is 15.9 Å². The van der Waals surface area contributed by atoms with Crippen LogP contribution >= 0.6 is 15.9 Å². The van der Waals surface area contributed by atoms with Gasteiger partial charge in [-0.05, 0) is 31.2 Å². The van der Waals surface area contributed by atoms with E-state index in [1.54, 1.807) is 19.2 Å². The molecule has 1 N–H and O–H groups in total. The Kier molecular flexibility index (Phi) is 7.16. The Morgan fingerprint density at radius 3 is 2.88 bits per heavy atom. The van der Waals surface area contributed by atoms with Gasteiger partial charge < -0.3 is 14.8 Å². The van der Waals surface area contributed by atoms with Gasteiger partial charge >= 0.3 is 0 Å². The molecule has 0 atom stereocenters. The first-order chi connectivity index (χ1) is 8.24. The van der Waals surface area contributed by atoms with Crippen LogP contribution in [-0.2, 0) is 4.74 Å². The summed E-state index contributed by atoms with van der Waals surface area (Å²) < 4.78 is 24.3. The smallest absolute Gasteiger partial charge is 0.165 e. The highest BCUT2D eigenvalue weighted by molar-refractivity contribution is 9.10. The van der Waals surface area contributed by atoms with E-state index in [1.807, 2.05) is 0 Å². The second kappa shape index (κ2) is 8.44. The Morgan fingerprint density at radius 2 is 2.12 bits per heavy atom. The van der Waals surface area contributed by atoms with E-state index in [1.165, 1.54) is 6.07 Å². The number of hydrogen-bond acceptors (Lipinski definition) is 3. The van der Waals surface area contributed by atoms with Crippen LogP contribution in [-0.4, -0.2) is 33.4 Å². The van der Waals surface area contributed by atoms with Crippen molar-refractivity contribution in [3.05, 3.63) is 28.5 Å². The molecule has 1 aromatic carbocycles. The van der Waals surface area contributed by atoms with E-state index < -0.39 is 0 Å². The minimum atomic E-state index is -0.333. The first-order valence-electron chi connectivity index (χ1n) is 5.51. The Bertz CT molecular complexity index is 336. The zero-order valence-electron chi connectivity index (χ0n) is 9.84. The molecule has 0 heterocycles. The van der Waals surface area contributed by atoms with E-state index in [9.17, 15) is 4.39 Å². The lowest BCUT2D eigenvalue weighted by Gasteiger charge is -2.08. The molecule has 0 amide bonds. The lowest BCUT2D eigenvalue weighted by Crippen LogP contribution is -2.21. The van der Waals surface area contributed by atoms with Crippen molar-refractivity contribution in [2.45, 2.75) is 6.42 Å². The third kappa shape index (κ3) is 6.00. The lowest BCUT2D eigenvalue weighted by atomic mass is 10.3. The Morgan fingerprint density at radius 1 is 1.29 bits per heavy atom. The van der Waals surface area contributed by atoms with E-state index in [-0.39, 0.29) is 11.6 Å². The van der Waals surface area contributed by atoms with Crippen LogP contribution in [0.2, 0.25) is 0 Å². The summed E-state index contributed by atoms with van der Waals surface area (Å²) in [6.45, 7) is 2.84. The average Bonchev–Trinajstić information content (AvgIpc) is 2.32. The standard InChI is InChI=1S/C12H17BrFNO2/c1-16-8-6-15-5-2-7-17-12-9-10(13)3-4-11(12)14/h3-4,9,15H,2,5-8H2,1H3. The van der Waals surface area contributed by atoms with Crippen LogP contribution in [0.3, 0.4) is 0 Å². The first kappa shape index (κ1) is 14.4. The summed E-state index contributed by atoms with van der Waals surface area (Å²) in [6.07, 6.45) is 0.829. The van der Waals surface area contributed by atoms with Crippen molar-refractivity contribution in [2.24, 2.45) is 0 Å². The van der Waals surface area contributed by atoms with Crippen molar-refractivity contribution in [1.29, 1.82) is 0 Å². The van der Waals surface area contributed by atoms with Crippen LogP contribution in [0.5, 0.6) is 5.75 Å². The molecule has 5 heteroatoms. The molecule has 17 heavy (non-hydrogen) atoms. The van der Waals surface area contributed by atoms with Gasteiger partial charge in [0.15, 0.2) is 11.6 Å². The van der Waals surface area contributed by atoms with Crippen LogP contribution in [0.4, 0.5) is 4.39 Å². The van der Waals surface area contributed by atoms with Crippen LogP contribution < -0.4 is 10.1 Å². The van der Waals surface area contributed by atoms with E-state index in [0.29, 0.717) is 13.2 Å². The summed E-state index contributed by atoms with van der Waals surface area (Å²) in [5.41, 5.74) is 0. The van der Waals surface area contributed by atoms with Gasteiger partial charge in [-0.15, -0.1) is 0 Å². The molecular formula is C12H17BrFNO2. The highest BCUT2D eigenvalue weighted by Crippen LogP contribution is 2.22. The van der Waals surface area contributed by atoms with E-state index in [0.717, 1.165) is 24.0 Å². The minimum Gasteiger partial charge on any atom is -0.490 e. The van der Waals surface area contributed by atoms with Gasteiger partial charge in [0.2, 0.25) is 0 Å². The van der Waals surface area contributed by atoms with Crippen molar-refractivity contribution in [2.75, 3.05) is 33.4 Å². The fraction of sp³-hybridized carbons (Fsp3) is 0.500. The number of hydrogen-bond donors (Lipinski definition) is 1. The fourth-order valence-electron chi connectivity index (χ4n) is 1.27. The van der Waals surface area contributed by atoms with E-state index >= 15 is 0 Å². The molecule has 0 aliphatic rings. The molecule has 0 saturated heterocycles. The van der Waals surface area contributed by atoms with Crippen molar-refractivity contribution in [3.8, 4) is 5.75 Å². The Hall–Kier alpha value is -0.650. The summed E-state index contributed by atoms with van der Waals surface area (Å²) in [6, 6.07) is 4.67. The van der Waals surface area contributed by atoms with E-state index in [4.69, 9.17) is 9.47 Å². The Labute approximate surface area is 109 Å². The van der Waals surface area contributed by atoms with Gasteiger partial charge in [-0.25, -0.2) is 4.39 Å². The van der Waals surface area contributed by atoms with Gasteiger partial charge in [0, 0.05) is 18.1 Å². The number of methoxy groups -OCH3 is 1. The maximum atomic E-state index is 13.3. The molecule has 0 aliphatic carbocycles. The molecule has 3 nitrogen and oxygen atoms in total. The van der Waals surface area contributed by atoms with Crippen molar-refractivity contribution in [3.63, 3.8) is 0 Å². The third-order valence-corrected chi connectivity index (χ3v) is 2.62. The molecule has 1 rings (SSSR count). The summed E-state index contributed by atoms with van der Waals surface area (Å²) in [4.78, 5) is 0. The molecule has 0 aliphatic heterocycles. The maximum Gasteiger partial charge on any atom is 0.165 e. The zero-order valence-corrected chi connectivity index (χ0v) is 11.4. The monoisotopic (exact) mass is 305 g/mol. The van der Waals surface area contributed by atoms with Crippen molar-refractivity contribution < 1.29 is 13.9 Å². The molecular weight excluding hydrogens is 289 g/mol. The van der Waals surface area contributed by atoms with Gasteiger partial charge in [0.05, 0.1) is 13.2 Å². The number of nitrogens with one attached hydrogen (secondary N) is 1. The normalized spacial score (nSPS) is 10.5. The molecule has 96 valence electrons. The number of ether oxygens (including phenoxy) is 2. The molecule has 0 aromatic heterocycles. The second-order valence-electron chi connectivity index (χ2n) is 3.52. The van der Waals surface area contributed by atoms with Crippen LogP contribution in [0, 0.1) is 5.82 Å². The molecule has 0 radical (unpaired) electrons. The highest BCUT2D eigenvalue weighted by Gasteiger charge is 2.03. The summed E-state index contributed by atoms with van der Waals surface area (Å²) >= 11 is 3.27. The number of rotatable bonds is 8. The SMILES string of the molecule is COCCNCCCOc1cc(Br)ccc1F. The topological polar surface area (TPSA) is 30.5 Å². The minimum absolute atomic E-state index is 0.288. The number of benzene rings is 1.